The van der Waals surface area contributed by atoms with Crippen LogP contribution in [0.1, 0.15) is 73.1 Å². The third-order valence-corrected chi connectivity index (χ3v) is 9.38. The molecule has 0 spiro atoms. The maximum absolute atomic E-state index is 12.8. The Morgan fingerprint density at radius 1 is 1.19 bits per heavy atom. The van der Waals surface area contributed by atoms with Crippen LogP contribution < -0.4 is 0 Å². The van der Waals surface area contributed by atoms with Crippen LogP contribution in [0.4, 0.5) is 0 Å². The minimum absolute atomic E-state index is 0.0211. The second-order valence-corrected chi connectivity index (χ2v) is 12.1. The molecule has 0 bridgehead atoms. The van der Waals surface area contributed by atoms with Gasteiger partial charge in [0.2, 0.25) is 0 Å². The molecule has 4 aliphatic rings. The van der Waals surface area contributed by atoms with E-state index in [9.17, 15) is 24.6 Å². The highest BCUT2D eigenvalue weighted by Crippen LogP contribution is 2.67. The molecule has 3 saturated carbocycles. The molecular formula is C26H38O6. The molecule has 0 aromatic carbocycles. The first-order chi connectivity index (χ1) is 14.8. The highest BCUT2D eigenvalue weighted by Gasteiger charge is 2.65. The van der Waals surface area contributed by atoms with Crippen LogP contribution in [0.3, 0.4) is 0 Å². The molecule has 6 heteroatoms. The van der Waals surface area contributed by atoms with Crippen LogP contribution in [0.25, 0.3) is 0 Å². The van der Waals surface area contributed by atoms with Gasteiger partial charge in [-0.1, -0.05) is 19.4 Å². The third kappa shape index (κ3) is 3.40. The van der Waals surface area contributed by atoms with Crippen molar-refractivity contribution in [1.29, 1.82) is 0 Å². The van der Waals surface area contributed by atoms with Gasteiger partial charge in [0.1, 0.15) is 12.7 Å². The molecule has 0 amide bonds. The number of aliphatic hydroxyl groups excluding tert-OH is 2. The first-order valence-electron chi connectivity index (χ1n) is 12.1. The van der Waals surface area contributed by atoms with Gasteiger partial charge in [-0.05, 0) is 76.2 Å². The highest BCUT2D eigenvalue weighted by atomic mass is 16.5. The van der Waals surface area contributed by atoms with Crippen LogP contribution in [-0.2, 0) is 19.1 Å². The minimum atomic E-state index is -0.679. The molecular weight excluding hydrogens is 408 g/mol. The molecule has 1 unspecified atom stereocenters. The van der Waals surface area contributed by atoms with Crippen molar-refractivity contribution in [3.63, 3.8) is 0 Å². The monoisotopic (exact) mass is 446 g/mol. The molecule has 6 nitrogen and oxygen atoms in total. The van der Waals surface area contributed by atoms with E-state index < -0.39 is 29.6 Å². The number of carbonyl (C=O) groups excluding carboxylic acids is 3. The average molecular weight is 447 g/mol. The molecule has 8 atom stereocenters. The molecule has 0 heterocycles. The van der Waals surface area contributed by atoms with Crippen molar-refractivity contribution in [3.8, 4) is 0 Å². The van der Waals surface area contributed by atoms with E-state index in [0.717, 1.165) is 31.3 Å². The van der Waals surface area contributed by atoms with Gasteiger partial charge in [-0.2, -0.15) is 0 Å². The minimum Gasteiger partial charge on any atom is -0.461 e. The van der Waals surface area contributed by atoms with Gasteiger partial charge in [0.15, 0.2) is 11.6 Å². The van der Waals surface area contributed by atoms with Crippen molar-refractivity contribution in [3.05, 3.63) is 11.6 Å². The Hall–Kier alpha value is -1.53. The van der Waals surface area contributed by atoms with Gasteiger partial charge in [0.05, 0.1) is 11.5 Å². The Kier molecular flexibility index (Phi) is 5.73. The normalized spacial score (nSPS) is 43.6. The van der Waals surface area contributed by atoms with E-state index in [1.807, 2.05) is 0 Å². The van der Waals surface area contributed by atoms with Crippen molar-refractivity contribution >= 4 is 17.5 Å². The second-order valence-electron chi connectivity index (χ2n) is 12.1. The summed E-state index contributed by atoms with van der Waals surface area (Å²) in [7, 11) is 0. The highest BCUT2D eigenvalue weighted by molar-refractivity contribution is 5.92. The number of aliphatic hydroxyl groups is 2. The van der Waals surface area contributed by atoms with Crippen LogP contribution in [0.2, 0.25) is 0 Å². The predicted octanol–water partition coefficient (Wildman–Crippen LogP) is 3.23. The summed E-state index contributed by atoms with van der Waals surface area (Å²) in [6, 6.07) is 0. The Morgan fingerprint density at radius 2 is 1.88 bits per heavy atom. The number of ketones is 2. The van der Waals surface area contributed by atoms with Crippen molar-refractivity contribution in [2.75, 3.05) is 6.61 Å². The molecule has 178 valence electrons. The lowest BCUT2D eigenvalue weighted by Gasteiger charge is -2.61. The zero-order chi connectivity index (χ0) is 23.6. The SMILES string of the molecule is CC(C)(C)C(=O)OC1CC(=O)C=C2CC[C@@H]3[C@H]([C@@H](O)C[C@]4(C)[C@@H](C(=O)CO)CC[C@@H]34)[C@]21C. The molecule has 0 radical (unpaired) electrons. The summed E-state index contributed by atoms with van der Waals surface area (Å²) in [5.41, 5.74) is -0.621. The molecule has 0 aromatic heterocycles. The van der Waals surface area contributed by atoms with Crippen LogP contribution in [-0.4, -0.2) is 46.6 Å². The molecule has 0 aromatic rings. The van der Waals surface area contributed by atoms with E-state index in [0.29, 0.717) is 6.42 Å². The molecule has 2 N–H and O–H groups in total. The largest absolute Gasteiger partial charge is 0.461 e. The van der Waals surface area contributed by atoms with E-state index in [2.05, 4.69) is 13.8 Å². The van der Waals surface area contributed by atoms with E-state index in [4.69, 9.17) is 4.74 Å². The number of hydrogen-bond acceptors (Lipinski definition) is 6. The number of Topliss-reactive ketones (excluding diaryl/α,β-unsaturated/α-hetero) is 1. The average Bonchev–Trinajstić information content (AvgIpc) is 3.03. The first kappa shape index (κ1) is 23.6. The quantitative estimate of drug-likeness (QED) is 0.646. The number of hydrogen-bond donors (Lipinski definition) is 2. The molecule has 4 aliphatic carbocycles. The Bertz CT molecular complexity index is 853. The number of ether oxygens (including phenoxy) is 1. The summed E-state index contributed by atoms with van der Waals surface area (Å²) in [6.07, 6.45) is 4.36. The molecule has 32 heavy (non-hydrogen) atoms. The van der Waals surface area contributed by atoms with Crippen LogP contribution >= 0.6 is 0 Å². The number of fused-ring (bicyclic) bond motifs is 5. The van der Waals surface area contributed by atoms with Crippen molar-refractivity contribution < 1.29 is 29.3 Å². The second kappa shape index (κ2) is 7.76. The van der Waals surface area contributed by atoms with Crippen molar-refractivity contribution in [2.24, 2.45) is 39.9 Å². The lowest BCUT2D eigenvalue weighted by atomic mass is 9.45. The van der Waals surface area contributed by atoms with Gasteiger partial charge in [0.25, 0.3) is 0 Å². The summed E-state index contributed by atoms with van der Waals surface area (Å²) in [4.78, 5) is 37.8. The standard InChI is InChI=1S/C26H38O6/c1-24(2,3)23(31)32-21-11-15(28)10-14-6-7-16-17-8-9-18(20(30)13-27)25(17,4)12-19(29)22(16)26(14,21)5/h10,16-19,21-22,27,29H,6-9,11-13H2,1-5H3/t16-,17-,18+,19-,21?,22+,25-,26+/m0/s1. The fourth-order valence-electron chi connectivity index (χ4n) is 7.81. The summed E-state index contributed by atoms with van der Waals surface area (Å²) >= 11 is 0. The van der Waals surface area contributed by atoms with Gasteiger partial charge < -0.3 is 14.9 Å². The number of rotatable bonds is 3. The maximum atomic E-state index is 12.8. The van der Waals surface area contributed by atoms with Gasteiger partial charge >= 0.3 is 5.97 Å². The fraction of sp³-hybridized carbons (Fsp3) is 0.808. The van der Waals surface area contributed by atoms with Gasteiger partial charge in [-0.15, -0.1) is 0 Å². The predicted molar refractivity (Wildman–Crippen MR) is 118 cm³/mol. The first-order valence-corrected chi connectivity index (χ1v) is 12.1. The lowest BCUT2D eigenvalue weighted by molar-refractivity contribution is -0.187. The van der Waals surface area contributed by atoms with Crippen LogP contribution in [0, 0.1) is 39.9 Å². The molecule has 3 fully saturated rings. The molecule has 0 saturated heterocycles. The van der Waals surface area contributed by atoms with E-state index in [1.165, 1.54) is 0 Å². The Balaban J connectivity index is 1.72. The smallest absolute Gasteiger partial charge is 0.311 e. The Labute approximate surface area is 190 Å². The summed E-state index contributed by atoms with van der Waals surface area (Å²) in [6.45, 7) is 9.15. The van der Waals surface area contributed by atoms with Gasteiger partial charge in [0, 0.05) is 23.7 Å². The lowest BCUT2D eigenvalue weighted by Crippen LogP contribution is -2.61. The number of carbonyl (C=O) groups is 3. The van der Waals surface area contributed by atoms with E-state index in [-0.39, 0.29) is 53.0 Å². The van der Waals surface area contributed by atoms with Gasteiger partial charge in [-0.25, -0.2) is 0 Å². The Morgan fingerprint density at radius 3 is 2.50 bits per heavy atom. The summed E-state index contributed by atoms with van der Waals surface area (Å²) in [5.74, 6) is -0.368. The maximum Gasteiger partial charge on any atom is 0.311 e. The van der Waals surface area contributed by atoms with Gasteiger partial charge in [-0.3, -0.25) is 14.4 Å². The molecule has 0 aliphatic heterocycles. The number of esters is 1. The summed E-state index contributed by atoms with van der Waals surface area (Å²) < 4.78 is 6.01. The summed E-state index contributed by atoms with van der Waals surface area (Å²) in [5, 5.41) is 21.0. The van der Waals surface area contributed by atoms with Crippen LogP contribution in [0.5, 0.6) is 0 Å². The topological polar surface area (TPSA) is 101 Å². The van der Waals surface area contributed by atoms with Crippen molar-refractivity contribution in [2.45, 2.75) is 85.4 Å². The van der Waals surface area contributed by atoms with Crippen LogP contribution in [0.15, 0.2) is 11.6 Å². The zero-order valence-electron chi connectivity index (χ0n) is 20.0. The zero-order valence-corrected chi connectivity index (χ0v) is 20.0. The fourth-order valence-corrected chi connectivity index (χ4v) is 7.81. The van der Waals surface area contributed by atoms with E-state index >= 15 is 0 Å². The van der Waals surface area contributed by atoms with E-state index in [1.54, 1.807) is 26.8 Å². The van der Waals surface area contributed by atoms with Crippen molar-refractivity contribution in [1.82, 2.24) is 0 Å². The third-order valence-electron chi connectivity index (χ3n) is 9.38. The molecule has 4 rings (SSSR count).